The van der Waals surface area contributed by atoms with Gasteiger partial charge in [-0.1, -0.05) is 13.8 Å². The Labute approximate surface area is 117 Å². The molecular formula is C14H21N3O3. The number of nitrogen functional groups attached to an aromatic ring is 1. The minimum absolute atomic E-state index is 0.0515. The van der Waals surface area contributed by atoms with Gasteiger partial charge in [0.15, 0.2) is 5.58 Å². The Hall–Kier alpha value is -1.95. The molecule has 0 amide bonds. The van der Waals surface area contributed by atoms with E-state index in [4.69, 9.17) is 10.2 Å². The van der Waals surface area contributed by atoms with Crippen LogP contribution in [0.3, 0.4) is 0 Å². The molecule has 0 atom stereocenters. The van der Waals surface area contributed by atoms with E-state index in [2.05, 4.69) is 23.7 Å². The summed E-state index contributed by atoms with van der Waals surface area (Å²) in [6.45, 7) is 4.76. The van der Waals surface area contributed by atoms with Crippen LogP contribution in [0.4, 0.5) is 11.4 Å². The molecule has 1 aromatic carbocycles. The molecule has 0 aliphatic heterocycles. The summed E-state index contributed by atoms with van der Waals surface area (Å²) in [6.07, 6.45) is 1.91. The molecule has 0 radical (unpaired) electrons. The molecule has 0 saturated carbocycles. The number of aromatic nitrogens is 1. The lowest BCUT2D eigenvalue weighted by molar-refractivity contribution is 0.296. The van der Waals surface area contributed by atoms with E-state index < -0.39 is 5.76 Å². The zero-order valence-corrected chi connectivity index (χ0v) is 11.8. The van der Waals surface area contributed by atoms with Gasteiger partial charge in [0, 0.05) is 18.7 Å². The van der Waals surface area contributed by atoms with E-state index in [1.807, 2.05) is 6.07 Å². The van der Waals surface area contributed by atoms with Crippen molar-refractivity contribution >= 4 is 22.5 Å². The highest BCUT2D eigenvalue weighted by molar-refractivity contribution is 5.85. The maximum Gasteiger partial charge on any atom is 0.417 e. The minimum Gasteiger partial charge on any atom is -0.408 e. The van der Waals surface area contributed by atoms with Crippen molar-refractivity contribution in [2.45, 2.75) is 32.7 Å². The highest BCUT2D eigenvalue weighted by Crippen LogP contribution is 2.30. The molecule has 6 nitrogen and oxygen atoms in total. The Bertz CT molecular complexity index is 628. The van der Waals surface area contributed by atoms with Gasteiger partial charge in [-0.05, 0) is 18.9 Å². The summed E-state index contributed by atoms with van der Waals surface area (Å²) in [5.41, 5.74) is 8.50. The number of oxazole rings is 1. The maximum absolute atomic E-state index is 11.2. The van der Waals surface area contributed by atoms with E-state index >= 15 is 0 Å². The second-order valence-corrected chi connectivity index (χ2v) is 4.81. The van der Waals surface area contributed by atoms with E-state index in [0.29, 0.717) is 29.4 Å². The number of benzene rings is 1. The largest absolute Gasteiger partial charge is 0.417 e. The molecule has 1 aromatic heterocycles. The van der Waals surface area contributed by atoms with E-state index in [0.717, 1.165) is 18.5 Å². The molecule has 2 aromatic rings. The van der Waals surface area contributed by atoms with Crippen molar-refractivity contribution < 1.29 is 9.52 Å². The van der Waals surface area contributed by atoms with Crippen LogP contribution in [0.2, 0.25) is 0 Å². The molecular weight excluding hydrogens is 258 g/mol. The highest BCUT2D eigenvalue weighted by Gasteiger charge is 2.19. The first-order valence-electron chi connectivity index (χ1n) is 6.90. The van der Waals surface area contributed by atoms with Crippen molar-refractivity contribution in [3.05, 3.63) is 22.7 Å². The monoisotopic (exact) mass is 279 g/mol. The molecule has 0 aliphatic rings. The number of aromatic amines is 1. The lowest BCUT2D eigenvalue weighted by atomic mass is 10.1. The third-order valence-electron chi connectivity index (χ3n) is 3.60. The Morgan fingerprint density at radius 1 is 1.40 bits per heavy atom. The number of nitrogens with zero attached hydrogens (tertiary/aromatic N) is 1. The number of anilines is 2. The Kier molecular flexibility index (Phi) is 4.34. The van der Waals surface area contributed by atoms with Gasteiger partial charge in [0.25, 0.3) is 0 Å². The normalized spacial score (nSPS) is 11.4. The maximum atomic E-state index is 11.2. The van der Waals surface area contributed by atoms with Crippen LogP contribution in [0.5, 0.6) is 0 Å². The highest BCUT2D eigenvalue weighted by atomic mass is 16.4. The third-order valence-corrected chi connectivity index (χ3v) is 3.60. The number of nitrogens with two attached hydrogens (primary N) is 1. The molecule has 0 bridgehead atoms. The van der Waals surface area contributed by atoms with Gasteiger partial charge >= 0.3 is 5.76 Å². The summed E-state index contributed by atoms with van der Waals surface area (Å²) in [6, 6.07) is 3.75. The first-order valence-corrected chi connectivity index (χ1v) is 6.90. The van der Waals surface area contributed by atoms with Crippen LogP contribution in [-0.2, 0) is 0 Å². The average Bonchev–Trinajstić information content (AvgIpc) is 2.77. The molecule has 2 rings (SSSR count). The molecule has 0 unspecified atom stereocenters. The fraction of sp³-hybridized carbons (Fsp3) is 0.500. The van der Waals surface area contributed by atoms with Crippen molar-refractivity contribution in [3.8, 4) is 0 Å². The molecule has 1 heterocycles. The standard InChI is InChI=1S/C14H21N3O3/c1-3-9(4-2)17(5-6-18)12-8-11-13(7-10(12)15)20-14(19)16-11/h7-9,18H,3-6,15H2,1-2H3,(H,16,19). The first kappa shape index (κ1) is 14.5. The first-order chi connectivity index (χ1) is 9.60. The number of rotatable bonds is 6. The fourth-order valence-electron chi connectivity index (χ4n) is 2.59. The summed E-state index contributed by atoms with van der Waals surface area (Å²) >= 11 is 0. The predicted octanol–water partition coefficient (Wildman–Crippen LogP) is 1.69. The van der Waals surface area contributed by atoms with Gasteiger partial charge in [-0.3, -0.25) is 4.98 Å². The van der Waals surface area contributed by atoms with Crippen molar-refractivity contribution in [2.24, 2.45) is 0 Å². The molecule has 4 N–H and O–H groups in total. The number of H-pyrrole nitrogens is 1. The van der Waals surface area contributed by atoms with Crippen molar-refractivity contribution in [1.29, 1.82) is 0 Å². The fourth-order valence-corrected chi connectivity index (χ4v) is 2.59. The Balaban J connectivity index is 2.51. The van der Waals surface area contributed by atoms with Crippen LogP contribution in [-0.4, -0.2) is 29.3 Å². The van der Waals surface area contributed by atoms with Crippen molar-refractivity contribution in [3.63, 3.8) is 0 Å². The van der Waals surface area contributed by atoms with Crippen molar-refractivity contribution in [2.75, 3.05) is 23.8 Å². The predicted molar refractivity (Wildman–Crippen MR) is 80.0 cm³/mol. The lowest BCUT2D eigenvalue weighted by Crippen LogP contribution is -2.37. The summed E-state index contributed by atoms with van der Waals surface area (Å²) < 4.78 is 5.00. The van der Waals surface area contributed by atoms with Gasteiger partial charge in [-0.15, -0.1) is 0 Å². The summed E-state index contributed by atoms with van der Waals surface area (Å²) in [7, 11) is 0. The second-order valence-electron chi connectivity index (χ2n) is 4.81. The molecule has 110 valence electrons. The minimum atomic E-state index is -0.493. The van der Waals surface area contributed by atoms with Crippen LogP contribution in [0, 0.1) is 0 Å². The van der Waals surface area contributed by atoms with Gasteiger partial charge < -0.3 is 20.2 Å². The molecule has 20 heavy (non-hydrogen) atoms. The Morgan fingerprint density at radius 2 is 2.10 bits per heavy atom. The zero-order chi connectivity index (χ0) is 14.7. The van der Waals surface area contributed by atoms with E-state index in [1.165, 1.54) is 0 Å². The summed E-state index contributed by atoms with van der Waals surface area (Å²) in [5.74, 6) is -0.493. The van der Waals surface area contributed by atoms with Gasteiger partial charge in [0.2, 0.25) is 0 Å². The summed E-state index contributed by atoms with van der Waals surface area (Å²) in [5, 5.41) is 9.29. The topological polar surface area (TPSA) is 95.5 Å². The van der Waals surface area contributed by atoms with E-state index in [1.54, 1.807) is 6.07 Å². The number of aliphatic hydroxyl groups excluding tert-OH is 1. The smallest absolute Gasteiger partial charge is 0.408 e. The zero-order valence-electron chi connectivity index (χ0n) is 11.8. The van der Waals surface area contributed by atoms with Crippen LogP contribution >= 0.6 is 0 Å². The van der Waals surface area contributed by atoms with Crippen LogP contribution in [0.1, 0.15) is 26.7 Å². The summed E-state index contributed by atoms with van der Waals surface area (Å²) in [4.78, 5) is 16.0. The van der Waals surface area contributed by atoms with Gasteiger partial charge in [-0.2, -0.15) is 0 Å². The lowest BCUT2D eigenvalue weighted by Gasteiger charge is -2.33. The molecule has 0 spiro atoms. The quantitative estimate of drug-likeness (QED) is 0.699. The number of nitrogens with one attached hydrogen (secondary N) is 1. The van der Waals surface area contributed by atoms with E-state index in [9.17, 15) is 9.90 Å². The van der Waals surface area contributed by atoms with Crippen LogP contribution < -0.4 is 16.4 Å². The van der Waals surface area contributed by atoms with Gasteiger partial charge in [0.05, 0.1) is 23.5 Å². The third kappa shape index (κ3) is 2.65. The van der Waals surface area contributed by atoms with E-state index in [-0.39, 0.29) is 6.61 Å². The van der Waals surface area contributed by atoms with Crippen LogP contribution in [0.15, 0.2) is 21.3 Å². The average molecular weight is 279 g/mol. The van der Waals surface area contributed by atoms with Gasteiger partial charge in [-0.25, -0.2) is 4.79 Å². The number of fused-ring (bicyclic) bond motifs is 1. The number of aliphatic hydroxyl groups is 1. The second kappa shape index (κ2) is 6.00. The molecule has 0 fully saturated rings. The molecule has 0 saturated heterocycles. The number of hydrogen-bond acceptors (Lipinski definition) is 5. The van der Waals surface area contributed by atoms with Crippen molar-refractivity contribution in [1.82, 2.24) is 4.98 Å². The SMILES string of the molecule is CCC(CC)N(CCO)c1cc2[nH]c(=O)oc2cc1N. The van der Waals surface area contributed by atoms with Gasteiger partial charge in [0.1, 0.15) is 0 Å². The molecule has 0 aliphatic carbocycles. The van der Waals surface area contributed by atoms with Crippen LogP contribution in [0.25, 0.3) is 11.1 Å². The Morgan fingerprint density at radius 3 is 2.70 bits per heavy atom. The molecule has 6 heteroatoms. The number of hydrogen-bond donors (Lipinski definition) is 3.